The number of halogens is 1. The molecule has 4 aliphatic heterocycles. The maximum absolute atomic E-state index is 3.82. The average Bonchev–Trinajstić information content (AvgIpc) is 3.33. The Morgan fingerprint density at radius 3 is 2.48 bits per heavy atom. The van der Waals surface area contributed by atoms with E-state index in [1.54, 1.807) is 0 Å². The van der Waals surface area contributed by atoms with Crippen molar-refractivity contribution in [1.29, 1.82) is 0 Å². The van der Waals surface area contributed by atoms with E-state index in [1.807, 2.05) is 0 Å². The van der Waals surface area contributed by atoms with Crippen molar-refractivity contribution in [2.75, 3.05) is 4.90 Å². The van der Waals surface area contributed by atoms with E-state index in [-0.39, 0.29) is 5.41 Å². The number of anilines is 2. The molecule has 0 spiro atoms. The SMILES string of the molecule is CC(C)[N+]1(I)c2cccc3c2N2c4c(cccc4C3(C)C)C3NC3C21. The highest BCUT2D eigenvalue weighted by molar-refractivity contribution is 14.1. The van der Waals surface area contributed by atoms with Gasteiger partial charge in [0.25, 0.3) is 22.9 Å². The van der Waals surface area contributed by atoms with Crippen LogP contribution < -0.4 is 12.9 Å². The van der Waals surface area contributed by atoms with Gasteiger partial charge >= 0.3 is 0 Å². The predicted octanol–water partition coefficient (Wildman–Crippen LogP) is 4.90. The van der Waals surface area contributed by atoms with Crippen LogP contribution in [0.5, 0.6) is 0 Å². The Hall–Kier alpha value is -1.11. The lowest BCUT2D eigenvalue weighted by Crippen LogP contribution is -2.59. The third-order valence-electron chi connectivity index (χ3n) is 6.96. The molecule has 4 aliphatic rings. The number of benzene rings is 2. The number of nitrogens with one attached hydrogen (secondary N) is 1. The highest BCUT2D eigenvalue weighted by atomic mass is 127. The largest absolute Gasteiger partial charge is 0.297 e. The highest BCUT2D eigenvalue weighted by Gasteiger charge is 2.68. The molecule has 2 aromatic rings. The zero-order chi connectivity index (χ0) is 17.3. The number of hydrogen-bond donors (Lipinski definition) is 1. The first-order valence-corrected chi connectivity index (χ1v) is 10.3. The van der Waals surface area contributed by atoms with Crippen molar-refractivity contribution in [3.05, 3.63) is 53.1 Å². The van der Waals surface area contributed by atoms with Crippen molar-refractivity contribution in [1.82, 2.24) is 8.01 Å². The zero-order valence-electron chi connectivity index (χ0n) is 15.0. The quantitative estimate of drug-likeness (QED) is 0.385. The summed E-state index contributed by atoms with van der Waals surface area (Å²) in [5.74, 6) is 0. The van der Waals surface area contributed by atoms with Gasteiger partial charge in [-0.3, -0.25) is 10.2 Å². The lowest BCUT2D eigenvalue weighted by atomic mass is 9.72. The number of nitrogens with zero attached hydrogens (tertiary/aromatic N) is 2. The van der Waals surface area contributed by atoms with Crippen LogP contribution >= 0.6 is 22.9 Å². The van der Waals surface area contributed by atoms with Crippen LogP contribution in [-0.2, 0) is 5.41 Å². The van der Waals surface area contributed by atoms with Gasteiger partial charge in [0, 0.05) is 11.5 Å². The Labute approximate surface area is 163 Å². The molecule has 3 nitrogen and oxygen atoms in total. The Balaban J connectivity index is 1.79. The maximum Gasteiger partial charge on any atom is 0.256 e. The van der Waals surface area contributed by atoms with Crippen LogP contribution in [-0.4, -0.2) is 18.2 Å². The molecular formula is C21H23IN3+. The molecule has 1 saturated heterocycles. The molecule has 4 unspecified atom stereocenters. The summed E-state index contributed by atoms with van der Waals surface area (Å²) in [4.78, 5) is 2.70. The van der Waals surface area contributed by atoms with Crippen LogP contribution in [0.25, 0.3) is 0 Å². The van der Waals surface area contributed by atoms with Gasteiger partial charge in [0.05, 0.1) is 17.8 Å². The van der Waals surface area contributed by atoms with Crippen LogP contribution in [0.15, 0.2) is 36.4 Å². The summed E-state index contributed by atoms with van der Waals surface area (Å²) in [6, 6.07) is 15.5. The Morgan fingerprint density at radius 1 is 1.08 bits per heavy atom. The number of para-hydroxylation sites is 2. The van der Waals surface area contributed by atoms with Crippen molar-refractivity contribution < 1.29 is 0 Å². The Kier molecular flexibility index (Phi) is 2.54. The topological polar surface area (TPSA) is 25.2 Å². The first-order valence-electron chi connectivity index (χ1n) is 9.29. The fourth-order valence-corrected chi connectivity index (χ4v) is 6.64. The first-order chi connectivity index (χ1) is 11.9. The van der Waals surface area contributed by atoms with Crippen molar-refractivity contribution in [3.63, 3.8) is 0 Å². The second-order valence-corrected chi connectivity index (χ2v) is 10.4. The molecule has 1 fully saturated rings. The molecule has 1 N–H and O–H groups in total. The molecule has 25 heavy (non-hydrogen) atoms. The van der Waals surface area contributed by atoms with Gasteiger partial charge in [0.15, 0.2) is 11.9 Å². The molecule has 4 heteroatoms. The highest BCUT2D eigenvalue weighted by Crippen LogP contribution is 2.66. The van der Waals surface area contributed by atoms with Crippen LogP contribution in [0.1, 0.15) is 50.4 Å². The van der Waals surface area contributed by atoms with Gasteiger partial charge in [-0.2, -0.15) is 0 Å². The first kappa shape index (κ1) is 15.0. The van der Waals surface area contributed by atoms with E-state index in [2.05, 4.69) is 97.2 Å². The second-order valence-electron chi connectivity index (χ2n) is 8.78. The maximum atomic E-state index is 3.82. The normalized spacial score (nSPS) is 34.8. The fraction of sp³-hybridized carbons (Fsp3) is 0.429. The summed E-state index contributed by atoms with van der Waals surface area (Å²) >= 11 is 2.73. The van der Waals surface area contributed by atoms with E-state index in [1.165, 1.54) is 33.8 Å². The zero-order valence-corrected chi connectivity index (χ0v) is 17.2. The van der Waals surface area contributed by atoms with Crippen molar-refractivity contribution >= 4 is 39.9 Å². The summed E-state index contributed by atoms with van der Waals surface area (Å²) in [6.07, 6.45) is 0.450. The Bertz CT molecular complexity index is 950. The van der Waals surface area contributed by atoms with E-state index in [0.717, 1.165) is 2.70 Å². The number of rotatable bonds is 1. The van der Waals surface area contributed by atoms with Gasteiger partial charge in [0.1, 0.15) is 11.7 Å². The number of fused-ring (bicyclic) bond motifs is 3. The standard InChI is InChI=1S/C21H23IN3/c1-11(2)25(22)15-10-6-9-14-19(15)24-18-12(16-17(23-16)20(24)25)7-5-8-13(18)21(14,3)4/h5-11,16-17,20,23H,1-4H3/q+1. The van der Waals surface area contributed by atoms with E-state index in [0.29, 0.717) is 24.3 Å². The second kappa shape index (κ2) is 4.24. The van der Waals surface area contributed by atoms with Gasteiger partial charge in [-0.05, 0) is 30.5 Å². The molecule has 4 atom stereocenters. The van der Waals surface area contributed by atoms with Crippen molar-refractivity contribution in [2.45, 2.75) is 57.4 Å². The minimum Gasteiger partial charge on any atom is -0.297 e. The van der Waals surface area contributed by atoms with E-state index in [9.17, 15) is 0 Å². The third kappa shape index (κ3) is 1.45. The van der Waals surface area contributed by atoms with Gasteiger partial charge in [-0.15, -0.1) is 0 Å². The molecule has 6 rings (SSSR count). The Morgan fingerprint density at radius 2 is 1.76 bits per heavy atom. The van der Waals surface area contributed by atoms with Crippen molar-refractivity contribution in [2.24, 2.45) is 0 Å². The van der Waals surface area contributed by atoms with E-state index < -0.39 is 0 Å². The van der Waals surface area contributed by atoms with Gasteiger partial charge in [-0.1, -0.05) is 44.2 Å². The van der Waals surface area contributed by atoms with Crippen molar-refractivity contribution in [3.8, 4) is 0 Å². The number of hydrogen-bond acceptors (Lipinski definition) is 2. The molecule has 0 aliphatic carbocycles. The summed E-state index contributed by atoms with van der Waals surface area (Å²) in [5, 5.41) is 3.82. The number of quaternary nitrogens is 1. The fourth-order valence-electron chi connectivity index (χ4n) is 5.65. The lowest BCUT2D eigenvalue weighted by Gasteiger charge is -2.45. The molecule has 0 bridgehead atoms. The van der Waals surface area contributed by atoms with Gasteiger partial charge in [-0.25, -0.2) is 2.70 Å². The minimum atomic E-state index is 0.0439. The van der Waals surface area contributed by atoms with Crippen LogP contribution in [0.4, 0.5) is 17.1 Å². The monoisotopic (exact) mass is 444 g/mol. The van der Waals surface area contributed by atoms with Crippen LogP contribution in [0.3, 0.4) is 0 Å². The molecule has 0 aromatic heterocycles. The minimum absolute atomic E-state index is 0.0439. The summed E-state index contributed by atoms with van der Waals surface area (Å²) in [7, 11) is 0. The molecule has 0 radical (unpaired) electrons. The third-order valence-corrected chi connectivity index (χ3v) is 9.16. The summed E-state index contributed by atoms with van der Waals surface area (Å²) < 4.78 is 0.971. The molecule has 4 heterocycles. The van der Waals surface area contributed by atoms with Gasteiger partial charge in [0.2, 0.25) is 0 Å². The molecule has 0 amide bonds. The smallest absolute Gasteiger partial charge is 0.256 e. The average molecular weight is 444 g/mol. The summed E-state index contributed by atoms with van der Waals surface area (Å²) in [5.41, 5.74) is 8.97. The van der Waals surface area contributed by atoms with E-state index >= 15 is 0 Å². The predicted molar refractivity (Wildman–Crippen MR) is 112 cm³/mol. The lowest BCUT2D eigenvalue weighted by molar-refractivity contribution is 0.336. The molecule has 128 valence electrons. The van der Waals surface area contributed by atoms with E-state index in [4.69, 9.17) is 0 Å². The molecule has 0 saturated carbocycles. The molecule has 2 aromatic carbocycles. The van der Waals surface area contributed by atoms with Crippen LogP contribution in [0, 0.1) is 0 Å². The van der Waals surface area contributed by atoms with Crippen LogP contribution in [0.2, 0.25) is 0 Å². The summed E-state index contributed by atoms with van der Waals surface area (Å²) in [6.45, 7) is 9.53. The molecular weight excluding hydrogens is 421 g/mol. The van der Waals surface area contributed by atoms with Gasteiger partial charge < -0.3 is 0 Å².